The lowest BCUT2D eigenvalue weighted by Crippen LogP contribution is -2.17. The molecule has 0 aliphatic rings. The van der Waals surface area contributed by atoms with E-state index in [0.29, 0.717) is 18.5 Å². The molecule has 1 heterocycles. The van der Waals surface area contributed by atoms with E-state index in [2.05, 4.69) is 47.6 Å². The number of nitrogens with zero attached hydrogens (tertiary/aromatic N) is 1. The maximum absolute atomic E-state index is 5.53. The predicted molar refractivity (Wildman–Crippen MR) is 83.3 cm³/mol. The van der Waals surface area contributed by atoms with Gasteiger partial charge >= 0.3 is 0 Å². The van der Waals surface area contributed by atoms with Gasteiger partial charge in [0.05, 0.1) is 12.3 Å². The van der Waals surface area contributed by atoms with Crippen LogP contribution >= 0.6 is 0 Å². The molecule has 0 bridgehead atoms. The Balaban J connectivity index is 1.89. The van der Waals surface area contributed by atoms with Crippen LogP contribution < -0.4 is 10.1 Å². The van der Waals surface area contributed by atoms with Gasteiger partial charge in [-0.2, -0.15) is 0 Å². The third kappa shape index (κ3) is 4.26. The summed E-state index contributed by atoms with van der Waals surface area (Å²) in [6.45, 7) is 4.78. The predicted octanol–water partition coefficient (Wildman–Crippen LogP) is 3.91. The number of anilines is 1. The number of pyridine rings is 1. The number of aromatic nitrogens is 1. The minimum atomic E-state index is 0.374. The first-order valence-electron chi connectivity index (χ1n) is 7.18. The Hall–Kier alpha value is -2.03. The van der Waals surface area contributed by atoms with Gasteiger partial charge in [0.1, 0.15) is 0 Å². The molecule has 0 saturated carbocycles. The molecule has 3 nitrogen and oxygen atoms in total. The molecule has 0 radical (unpaired) electrons. The maximum Gasteiger partial charge on any atom is 0.237 e. The molecule has 20 heavy (non-hydrogen) atoms. The van der Waals surface area contributed by atoms with Crippen molar-refractivity contribution in [2.45, 2.75) is 32.7 Å². The van der Waals surface area contributed by atoms with Crippen molar-refractivity contribution in [3.63, 3.8) is 0 Å². The number of benzene rings is 1. The summed E-state index contributed by atoms with van der Waals surface area (Å²) in [7, 11) is 0. The summed E-state index contributed by atoms with van der Waals surface area (Å²) >= 11 is 0. The lowest BCUT2D eigenvalue weighted by atomic mass is 10.1. The van der Waals surface area contributed by atoms with Crippen molar-refractivity contribution in [2.24, 2.45) is 0 Å². The van der Waals surface area contributed by atoms with E-state index in [4.69, 9.17) is 4.74 Å². The number of aryl methyl sites for hydroxylation is 1. The number of hydrogen-bond donors (Lipinski definition) is 1. The van der Waals surface area contributed by atoms with E-state index in [1.807, 2.05) is 19.1 Å². The Bertz CT molecular complexity index is 513. The van der Waals surface area contributed by atoms with E-state index in [0.717, 1.165) is 18.5 Å². The summed E-state index contributed by atoms with van der Waals surface area (Å²) in [5.74, 6) is 0.682. The van der Waals surface area contributed by atoms with Crippen LogP contribution in [0.1, 0.15) is 25.8 Å². The van der Waals surface area contributed by atoms with E-state index in [1.54, 1.807) is 6.20 Å². The van der Waals surface area contributed by atoms with E-state index in [9.17, 15) is 0 Å². The van der Waals surface area contributed by atoms with Gasteiger partial charge in [-0.1, -0.05) is 30.3 Å². The highest BCUT2D eigenvalue weighted by molar-refractivity contribution is 5.52. The maximum atomic E-state index is 5.53. The molecule has 0 fully saturated rings. The van der Waals surface area contributed by atoms with Crippen LogP contribution in [0.15, 0.2) is 48.7 Å². The second kappa shape index (κ2) is 7.53. The van der Waals surface area contributed by atoms with E-state index < -0.39 is 0 Å². The lowest BCUT2D eigenvalue weighted by molar-refractivity contribution is 0.328. The van der Waals surface area contributed by atoms with Crippen LogP contribution in [0.25, 0.3) is 0 Å². The largest absolute Gasteiger partial charge is 0.476 e. The van der Waals surface area contributed by atoms with Crippen LogP contribution in [0, 0.1) is 0 Å². The second-order valence-corrected chi connectivity index (χ2v) is 4.86. The molecule has 0 aliphatic carbocycles. The van der Waals surface area contributed by atoms with E-state index in [-0.39, 0.29) is 0 Å². The van der Waals surface area contributed by atoms with Gasteiger partial charge in [0, 0.05) is 12.2 Å². The molecule has 0 saturated heterocycles. The van der Waals surface area contributed by atoms with Gasteiger partial charge < -0.3 is 10.1 Å². The third-order valence-electron chi connectivity index (χ3n) is 3.16. The van der Waals surface area contributed by atoms with Gasteiger partial charge in [-0.3, -0.25) is 0 Å². The van der Waals surface area contributed by atoms with Crippen LogP contribution in [0.2, 0.25) is 0 Å². The first kappa shape index (κ1) is 14.4. The summed E-state index contributed by atoms with van der Waals surface area (Å²) in [6.07, 6.45) is 3.90. The third-order valence-corrected chi connectivity index (χ3v) is 3.16. The molecule has 0 amide bonds. The number of nitrogens with one attached hydrogen (secondary N) is 1. The Kier molecular flexibility index (Phi) is 5.42. The molecule has 2 rings (SSSR count). The summed E-state index contributed by atoms with van der Waals surface area (Å²) < 4.78 is 5.53. The first-order valence-corrected chi connectivity index (χ1v) is 7.18. The van der Waals surface area contributed by atoms with Crippen molar-refractivity contribution < 1.29 is 4.74 Å². The normalized spacial score (nSPS) is 11.9. The fourth-order valence-electron chi connectivity index (χ4n) is 2.12. The van der Waals surface area contributed by atoms with Gasteiger partial charge in [-0.15, -0.1) is 0 Å². The topological polar surface area (TPSA) is 34.1 Å². The van der Waals surface area contributed by atoms with Crippen LogP contribution in [-0.4, -0.2) is 17.6 Å². The zero-order chi connectivity index (χ0) is 14.2. The highest BCUT2D eigenvalue weighted by Gasteiger charge is 2.08. The molecule has 0 aliphatic heterocycles. The van der Waals surface area contributed by atoms with Gasteiger partial charge in [0.2, 0.25) is 5.88 Å². The van der Waals surface area contributed by atoms with Gasteiger partial charge in [0.25, 0.3) is 0 Å². The van der Waals surface area contributed by atoms with Crippen LogP contribution in [0.4, 0.5) is 5.69 Å². The molecule has 1 N–H and O–H groups in total. The molecular formula is C17H22N2O. The Morgan fingerprint density at radius 3 is 2.70 bits per heavy atom. The van der Waals surface area contributed by atoms with Crippen LogP contribution in [0.5, 0.6) is 5.88 Å². The highest BCUT2D eigenvalue weighted by Crippen LogP contribution is 2.22. The van der Waals surface area contributed by atoms with Crippen LogP contribution in [0.3, 0.4) is 0 Å². The first-order chi connectivity index (χ1) is 9.79. The SMILES string of the molecule is CCOc1ncccc1NC(C)CCc1ccccc1. The number of ether oxygens (including phenoxy) is 1. The molecule has 1 aromatic heterocycles. The fraction of sp³-hybridized carbons (Fsp3) is 0.353. The van der Waals surface area contributed by atoms with Crippen molar-refractivity contribution in [3.8, 4) is 5.88 Å². The number of rotatable bonds is 7. The summed E-state index contributed by atoms with van der Waals surface area (Å²) in [4.78, 5) is 4.26. The van der Waals surface area contributed by atoms with Crippen molar-refractivity contribution in [1.82, 2.24) is 4.98 Å². The van der Waals surface area contributed by atoms with Crippen molar-refractivity contribution in [2.75, 3.05) is 11.9 Å². The molecule has 2 aromatic rings. The highest BCUT2D eigenvalue weighted by atomic mass is 16.5. The molecular weight excluding hydrogens is 248 g/mol. The minimum Gasteiger partial charge on any atom is -0.476 e. The van der Waals surface area contributed by atoms with Gasteiger partial charge in [-0.25, -0.2) is 4.98 Å². The molecule has 1 aromatic carbocycles. The van der Waals surface area contributed by atoms with Crippen molar-refractivity contribution >= 4 is 5.69 Å². The average molecular weight is 270 g/mol. The van der Waals surface area contributed by atoms with Crippen molar-refractivity contribution in [3.05, 3.63) is 54.2 Å². The van der Waals surface area contributed by atoms with Crippen LogP contribution in [-0.2, 0) is 6.42 Å². The van der Waals surface area contributed by atoms with Gasteiger partial charge in [0.15, 0.2) is 0 Å². The quantitative estimate of drug-likeness (QED) is 0.828. The summed E-state index contributed by atoms with van der Waals surface area (Å²) in [5, 5.41) is 3.48. The average Bonchev–Trinajstić information content (AvgIpc) is 2.49. The Labute approximate surface area is 121 Å². The smallest absolute Gasteiger partial charge is 0.237 e. The van der Waals surface area contributed by atoms with E-state index >= 15 is 0 Å². The van der Waals surface area contributed by atoms with Gasteiger partial charge in [-0.05, 0) is 44.4 Å². The minimum absolute atomic E-state index is 0.374. The molecule has 0 spiro atoms. The molecule has 1 unspecified atom stereocenters. The van der Waals surface area contributed by atoms with Crippen molar-refractivity contribution in [1.29, 1.82) is 0 Å². The van der Waals surface area contributed by atoms with E-state index in [1.165, 1.54) is 5.56 Å². The zero-order valence-electron chi connectivity index (χ0n) is 12.2. The number of hydrogen-bond acceptors (Lipinski definition) is 3. The molecule has 3 heteroatoms. The Morgan fingerprint density at radius 1 is 1.15 bits per heavy atom. The molecule has 106 valence electrons. The monoisotopic (exact) mass is 270 g/mol. The zero-order valence-corrected chi connectivity index (χ0v) is 12.2. The molecule has 1 atom stereocenters. The standard InChI is InChI=1S/C17H22N2O/c1-3-20-17-16(10-7-13-18-17)19-14(2)11-12-15-8-5-4-6-9-15/h4-10,13-14,19H,3,11-12H2,1-2H3. The summed E-state index contributed by atoms with van der Waals surface area (Å²) in [6, 6.07) is 14.9. The lowest BCUT2D eigenvalue weighted by Gasteiger charge is -2.17. The summed E-state index contributed by atoms with van der Waals surface area (Å²) in [5.41, 5.74) is 2.34. The Morgan fingerprint density at radius 2 is 1.95 bits per heavy atom. The fourth-order valence-corrected chi connectivity index (χ4v) is 2.12. The second-order valence-electron chi connectivity index (χ2n) is 4.86.